The summed E-state index contributed by atoms with van der Waals surface area (Å²) in [5.41, 5.74) is 0.365. The van der Waals surface area contributed by atoms with E-state index in [1.165, 1.54) is 18.3 Å². The maximum Gasteiger partial charge on any atom is 0.311 e. The van der Waals surface area contributed by atoms with E-state index in [2.05, 4.69) is 15.6 Å². The molecule has 1 saturated carbocycles. The number of aromatic nitrogens is 2. The van der Waals surface area contributed by atoms with Crippen LogP contribution in [-0.4, -0.2) is 41.4 Å². The molecule has 10 heteroatoms. The quantitative estimate of drug-likeness (QED) is 0.474. The summed E-state index contributed by atoms with van der Waals surface area (Å²) in [5.74, 6) is 1.14. The van der Waals surface area contributed by atoms with E-state index in [1.54, 1.807) is 24.3 Å². The van der Waals surface area contributed by atoms with Crippen molar-refractivity contribution in [1.82, 2.24) is 14.3 Å². The fourth-order valence-electron chi connectivity index (χ4n) is 4.73. The van der Waals surface area contributed by atoms with E-state index in [9.17, 15) is 18.5 Å². The summed E-state index contributed by atoms with van der Waals surface area (Å²) in [6, 6.07) is 9.75. The van der Waals surface area contributed by atoms with Crippen molar-refractivity contribution < 1.29 is 13.3 Å². The smallest absolute Gasteiger partial charge is 0.311 e. The molecule has 156 valence electrons. The van der Waals surface area contributed by atoms with Crippen LogP contribution in [0.5, 0.6) is 0 Å². The number of nitro groups is 1. The Balaban J connectivity index is 1.58. The van der Waals surface area contributed by atoms with Gasteiger partial charge in [-0.1, -0.05) is 18.2 Å². The van der Waals surface area contributed by atoms with E-state index in [-0.39, 0.29) is 22.3 Å². The predicted molar refractivity (Wildman–Crippen MR) is 112 cm³/mol. The molecule has 2 N–H and O–H groups in total. The van der Waals surface area contributed by atoms with Gasteiger partial charge in [0, 0.05) is 12.2 Å². The fraction of sp³-hybridized carbons (Fsp3) is 0.350. The van der Waals surface area contributed by atoms with Crippen LogP contribution in [0.2, 0.25) is 0 Å². The van der Waals surface area contributed by atoms with Gasteiger partial charge in [-0.05, 0) is 56.0 Å². The van der Waals surface area contributed by atoms with Crippen LogP contribution < -0.4 is 10.6 Å². The monoisotopic (exact) mass is 427 g/mol. The van der Waals surface area contributed by atoms with Crippen molar-refractivity contribution in [3.63, 3.8) is 0 Å². The molecule has 1 saturated heterocycles. The molecule has 2 aliphatic rings. The lowest BCUT2D eigenvalue weighted by Crippen LogP contribution is -2.21. The van der Waals surface area contributed by atoms with Gasteiger partial charge in [0.05, 0.1) is 15.2 Å². The number of rotatable bonds is 5. The average molecular weight is 427 g/mol. The van der Waals surface area contributed by atoms with Gasteiger partial charge in [-0.25, -0.2) is 17.4 Å². The first kappa shape index (κ1) is 19.0. The SMILES string of the molecule is O=[N+]([O-])c1cnc2c(ccn2S(=O)(=O)c2ccccc2)c1NC1C[C@H]2CNC[C@H]2C1. The Bertz CT molecular complexity index is 1210. The molecule has 2 fully saturated rings. The summed E-state index contributed by atoms with van der Waals surface area (Å²) >= 11 is 0. The normalized spacial score (nSPS) is 23.5. The van der Waals surface area contributed by atoms with E-state index < -0.39 is 14.9 Å². The van der Waals surface area contributed by atoms with Gasteiger partial charge < -0.3 is 10.6 Å². The van der Waals surface area contributed by atoms with Crippen molar-refractivity contribution >= 4 is 32.4 Å². The van der Waals surface area contributed by atoms with Crippen LogP contribution in [0.15, 0.2) is 53.7 Å². The molecule has 5 rings (SSSR count). The third kappa shape index (κ3) is 3.03. The van der Waals surface area contributed by atoms with Gasteiger partial charge in [-0.2, -0.15) is 0 Å². The topological polar surface area (TPSA) is 119 Å². The largest absolute Gasteiger partial charge is 0.376 e. The molecule has 1 aromatic carbocycles. The van der Waals surface area contributed by atoms with E-state index in [1.807, 2.05) is 0 Å². The highest BCUT2D eigenvalue weighted by Gasteiger charge is 2.38. The van der Waals surface area contributed by atoms with Gasteiger partial charge in [0.1, 0.15) is 11.9 Å². The second-order valence-electron chi connectivity index (χ2n) is 7.93. The summed E-state index contributed by atoms with van der Waals surface area (Å²) in [5, 5.41) is 18.8. The molecule has 0 spiro atoms. The van der Waals surface area contributed by atoms with Gasteiger partial charge >= 0.3 is 5.69 Å². The first-order chi connectivity index (χ1) is 14.4. The van der Waals surface area contributed by atoms with Gasteiger partial charge in [-0.15, -0.1) is 0 Å². The predicted octanol–water partition coefficient (Wildman–Crippen LogP) is 2.59. The summed E-state index contributed by atoms with van der Waals surface area (Å²) in [4.78, 5) is 15.4. The number of nitrogens with one attached hydrogen (secondary N) is 2. The number of hydrogen-bond acceptors (Lipinski definition) is 7. The van der Waals surface area contributed by atoms with Crippen molar-refractivity contribution in [1.29, 1.82) is 0 Å². The fourth-order valence-corrected chi connectivity index (χ4v) is 6.05. The number of benzene rings is 1. The minimum absolute atomic E-state index is 0.112. The zero-order valence-corrected chi connectivity index (χ0v) is 16.9. The molecule has 0 radical (unpaired) electrons. The molecule has 2 aromatic heterocycles. The summed E-state index contributed by atoms with van der Waals surface area (Å²) in [7, 11) is -3.86. The van der Waals surface area contributed by atoms with Gasteiger partial charge in [0.25, 0.3) is 10.0 Å². The first-order valence-corrected chi connectivity index (χ1v) is 11.3. The number of pyridine rings is 1. The molecule has 0 bridgehead atoms. The molecule has 1 aliphatic carbocycles. The Labute approximate surface area is 173 Å². The molecule has 30 heavy (non-hydrogen) atoms. The van der Waals surface area contributed by atoms with Crippen molar-refractivity contribution in [2.45, 2.75) is 23.8 Å². The van der Waals surface area contributed by atoms with Crippen molar-refractivity contribution in [3.05, 3.63) is 58.9 Å². The van der Waals surface area contributed by atoms with Crippen molar-refractivity contribution in [2.75, 3.05) is 18.4 Å². The second-order valence-corrected chi connectivity index (χ2v) is 9.75. The van der Waals surface area contributed by atoms with E-state index >= 15 is 0 Å². The molecule has 3 heterocycles. The maximum atomic E-state index is 13.1. The number of anilines is 1. The lowest BCUT2D eigenvalue weighted by Gasteiger charge is -2.16. The average Bonchev–Trinajstić information content (AvgIpc) is 3.43. The van der Waals surface area contributed by atoms with E-state index in [0.29, 0.717) is 22.9 Å². The van der Waals surface area contributed by atoms with Gasteiger partial charge in [-0.3, -0.25) is 10.1 Å². The molecule has 3 aromatic rings. The highest BCUT2D eigenvalue weighted by molar-refractivity contribution is 7.90. The summed E-state index contributed by atoms with van der Waals surface area (Å²) < 4.78 is 27.2. The van der Waals surface area contributed by atoms with Crippen LogP contribution in [0.4, 0.5) is 11.4 Å². The second kappa shape index (κ2) is 7.06. The van der Waals surface area contributed by atoms with Crippen LogP contribution >= 0.6 is 0 Å². The van der Waals surface area contributed by atoms with Crippen LogP contribution in [-0.2, 0) is 10.0 Å². The zero-order valence-electron chi connectivity index (χ0n) is 16.1. The molecule has 0 amide bonds. The third-order valence-corrected chi connectivity index (χ3v) is 7.84. The molecular formula is C20H21N5O4S. The van der Waals surface area contributed by atoms with E-state index in [0.717, 1.165) is 36.1 Å². The summed E-state index contributed by atoms with van der Waals surface area (Å²) in [6.45, 7) is 1.95. The molecular weight excluding hydrogens is 406 g/mol. The Morgan fingerprint density at radius 2 is 1.83 bits per heavy atom. The Kier molecular flexibility index (Phi) is 4.48. The molecule has 3 atom stereocenters. The Morgan fingerprint density at radius 3 is 2.50 bits per heavy atom. The van der Waals surface area contributed by atoms with Crippen LogP contribution in [0.25, 0.3) is 11.0 Å². The highest BCUT2D eigenvalue weighted by Crippen LogP contribution is 2.39. The van der Waals surface area contributed by atoms with Gasteiger partial charge in [0.2, 0.25) is 0 Å². The third-order valence-electron chi connectivity index (χ3n) is 6.16. The maximum absolute atomic E-state index is 13.1. The van der Waals surface area contributed by atoms with E-state index in [4.69, 9.17) is 0 Å². The minimum Gasteiger partial charge on any atom is -0.376 e. The van der Waals surface area contributed by atoms with Crippen LogP contribution in [0.1, 0.15) is 12.8 Å². The molecule has 9 nitrogen and oxygen atoms in total. The lowest BCUT2D eigenvalue weighted by molar-refractivity contribution is -0.384. The number of fused-ring (bicyclic) bond motifs is 2. The lowest BCUT2D eigenvalue weighted by atomic mass is 10.0. The van der Waals surface area contributed by atoms with Crippen molar-refractivity contribution in [3.8, 4) is 0 Å². The molecule has 1 unspecified atom stereocenters. The first-order valence-electron chi connectivity index (χ1n) is 9.87. The molecule has 1 aliphatic heterocycles. The summed E-state index contributed by atoms with van der Waals surface area (Å²) in [6.07, 6.45) is 4.41. The van der Waals surface area contributed by atoms with Crippen molar-refractivity contribution in [2.24, 2.45) is 11.8 Å². The number of nitrogens with zero attached hydrogens (tertiary/aromatic N) is 3. The standard InChI is InChI=1S/C20H21N5O4S/c26-25(27)18-12-22-20-17(19(18)23-15-8-13-10-21-11-14(13)9-15)6-7-24(20)30(28,29)16-4-2-1-3-5-16/h1-7,12-15,21H,8-11H2,(H,22,23)/t13-,14+,15?. The number of hydrogen-bond donors (Lipinski definition) is 2. The highest BCUT2D eigenvalue weighted by atomic mass is 32.2. The van der Waals surface area contributed by atoms with Crippen LogP contribution in [0, 0.1) is 22.0 Å². The Morgan fingerprint density at radius 1 is 1.13 bits per heavy atom. The minimum atomic E-state index is -3.86. The Hall–Kier alpha value is -2.98. The zero-order chi connectivity index (χ0) is 20.9. The van der Waals surface area contributed by atoms with Crippen LogP contribution in [0.3, 0.4) is 0 Å². The van der Waals surface area contributed by atoms with Gasteiger partial charge in [0.15, 0.2) is 5.65 Å².